The monoisotopic (exact) mass is 355 g/mol. The van der Waals surface area contributed by atoms with Crippen molar-refractivity contribution in [3.05, 3.63) is 82.2 Å². The highest BCUT2D eigenvalue weighted by Crippen LogP contribution is 2.12. The molecule has 26 heavy (non-hydrogen) atoms. The van der Waals surface area contributed by atoms with Gasteiger partial charge in [0.05, 0.1) is 11.5 Å². The lowest BCUT2D eigenvalue weighted by Crippen LogP contribution is -2.29. The van der Waals surface area contributed by atoms with Crippen molar-refractivity contribution in [1.82, 2.24) is 5.32 Å². The normalized spacial score (nSPS) is 10.7. The van der Waals surface area contributed by atoms with Crippen LogP contribution in [0, 0.1) is 10.1 Å². The molecule has 0 saturated heterocycles. The number of ether oxygens (including phenoxy) is 1. The Morgan fingerprint density at radius 1 is 1.12 bits per heavy atom. The van der Waals surface area contributed by atoms with Gasteiger partial charge in [0.1, 0.15) is 5.70 Å². The minimum Gasteiger partial charge on any atom is -0.461 e. The first kappa shape index (κ1) is 18.7. The third kappa shape index (κ3) is 5.17. The molecule has 8 heteroatoms. The van der Waals surface area contributed by atoms with E-state index in [-0.39, 0.29) is 23.6 Å². The van der Waals surface area contributed by atoms with Crippen LogP contribution in [0.15, 0.2) is 66.5 Å². The van der Waals surface area contributed by atoms with Gasteiger partial charge in [-0.15, -0.1) is 0 Å². The molecule has 0 radical (unpaired) electrons. The van der Waals surface area contributed by atoms with Gasteiger partial charge in [-0.25, -0.2) is 4.79 Å². The summed E-state index contributed by atoms with van der Waals surface area (Å²) < 4.78 is 4.93. The number of nitrogens with one attached hydrogen (secondary N) is 2. The Hall–Kier alpha value is -3.68. The average Bonchev–Trinajstić information content (AvgIpc) is 2.66. The Labute approximate surface area is 149 Å². The van der Waals surface area contributed by atoms with Crippen LogP contribution in [-0.2, 0) is 9.53 Å². The molecule has 0 spiro atoms. The van der Waals surface area contributed by atoms with E-state index in [0.717, 1.165) is 5.69 Å². The lowest BCUT2D eigenvalue weighted by Gasteiger charge is -2.10. The predicted octanol–water partition coefficient (Wildman–Crippen LogP) is 2.84. The molecule has 0 unspecified atom stereocenters. The van der Waals surface area contributed by atoms with Crippen LogP contribution in [0.2, 0.25) is 0 Å². The van der Waals surface area contributed by atoms with Gasteiger partial charge in [-0.05, 0) is 31.2 Å². The molecule has 0 heterocycles. The van der Waals surface area contributed by atoms with Crippen LogP contribution in [0.5, 0.6) is 0 Å². The Morgan fingerprint density at radius 2 is 1.77 bits per heavy atom. The molecule has 0 saturated carbocycles. The third-order valence-corrected chi connectivity index (χ3v) is 3.24. The van der Waals surface area contributed by atoms with Gasteiger partial charge >= 0.3 is 5.97 Å². The molecule has 2 aromatic carbocycles. The zero-order valence-electron chi connectivity index (χ0n) is 14.0. The molecule has 2 rings (SSSR count). The number of nitrogens with zero attached hydrogens (tertiary/aromatic N) is 1. The number of nitro groups is 1. The zero-order chi connectivity index (χ0) is 18.9. The van der Waals surface area contributed by atoms with E-state index in [0.29, 0.717) is 0 Å². The van der Waals surface area contributed by atoms with Gasteiger partial charge in [0.15, 0.2) is 0 Å². The molecule has 134 valence electrons. The van der Waals surface area contributed by atoms with Gasteiger partial charge in [-0.2, -0.15) is 0 Å². The molecule has 0 atom stereocenters. The van der Waals surface area contributed by atoms with E-state index in [2.05, 4.69) is 10.6 Å². The van der Waals surface area contributed by atoms with E-state index in [1.54, 1.807) is 19.1 Å². The minimum atomic E-state index is -0.703. The Balaban J connectivity index is 2.15. The van der Waals surface area contributed by atoms with Gasteiger partial charge in [0, 0.05) is 29.6 Å². The maximum atomic E-state index is 12.3. The lowest BCUT2D eigenvalue weighted by atomic mass is 10.2. The standard InChI is InChI=1S/C18H17N3O5/c1-2-26-18(23)16(12-19-14-6-4-3-5-7-14)20-17(22)13-8-10-15(11-9-13)21(24)25/h3-12,19H,2H2,1H3,(H,20,22)/b16-12-. The van der Waals surface area contributed by atoms with Gasteiger partial charge in [0.2, 0.25) is 0 Å². The molecule has 0 bridgehead atoms. The summed E-state index contributed by atoms with van der Waals surface area (Å²) in [7, 11) is 0. The highest BCUT2D eigenvalue weighted by molar-refractivity contribution is 6.01. The van der Waals surface area contributed by atoms with Crippen LogP contribution in [0.4, 0.5) is 11.4 Å². The summed E-state index contributed by atoms with van der Waals surface area (Å²) >= 11 is 0. The number of carbonyl (C=O) groups excluding carboxylic acids is 2. The smallest absolute Gasteiger partial charge is 0.356 e. The van der Waals surface area contributed by atoms with E-state index in [1.165, 1.54) is 30.5 Å². The number of hydrogen-bond donors (Lipinski definition) is 2. The molecule has 1 amide bonds. The van der Waals surface area contributed by atoms with Crippen molar-refractivity contribution in [3.63, 3.8) is 0 Å². The first-order valence-corrected chi connectivity index (χ1v) is 7.76. The highest BCUT2D eigenvalue weighted by Gasteiger charge is 2.16. The zero-order valence-corrected chi connectivity index (χ0v) is 14.0. The second-order valence-corrected chi connectivity index (χ2v) is 5.05. The molecular weight excluding hydrogens is 338 g/mol. The molecule has 0 aliphatic heterocycles. The van der Waals surface area contributed by atoms with Crippen LogP contribution in [0.25, 0.3) is 0 Å². The van der Waals surface area contributed by atoms with Crippen molar-refractivity contribution in [2.75, 3.05) is 11.9 Å². The molecule has 0 aliphatic rings. The first-order valence-electron chi connectivity index (χ1n) is 7.76. The van der Waals surface area contributed by atoms with Crippen molar-refractivity contribution < 1.29 is 19.2 Å². The maximum absolute atomic E-state index is 12.3. The van der Waals surface area contributed by atoms with Crippen molar-refractivity contribution in [2.24, 2.45) is 0 Å². The summed E-state index contributed by atoms with van der Waals surface area (Å²) in [5.41, 5.74) is 0.678. The van der Waals surface area contributed by atoms with Crippen molar-refractivity contribution in [3.8, 4) is 0 Å². The second kappa shape index (κ2) is 8.97. The maximum Gasteiger partial charge on any atom is 0.356 e. The van der Waals surface area contributed by atoms with E-state index in [1.807, 2.05) is 18.2 Å². The van der Waals surface area contributed by atoms with Gasteiger partial charge in [-0.3, -0.25) is 14.9 Å². The van der Waals surface area contributed by atoms with Crippen LogP contribution in [0.3, 0.4) is 0 Å². The van der Waals surface area contributed by atoms with E-state index in [4.69, 9.17) is 4.74 Å². The summed E-state index contributed by atoms with van der Waals surface area (Å²) in [6.45, 7) is 1.80. The first-order chi connectivity index (χ1) is 12.5. The van der Waals surface area contributed by atoms with E-state index < -0.39 is 16.8 Å². The fourth-order valence-electron chi connectivity index (χ4n) is 1.97. The SMILES string of the molecule is CCOC(=O)/C(=C/Nc1ccccc1)NC(=O)c1ccc([N+](=O)[O-])cc1. The van der Waals surface area contributed by atoms with Crippen molar-refractivity contribution >= 4 is 23.3 Å². The number of para-hydroxylation sites is 1. The second-order valence-electron chi connectivity index (χ2n) is 5.05. The molecule has 0 aliphatic carbocycles. The predicted molar refractivity (Wildman–Crippen MR) is 95.3 cm³/mol. The number of non-ortho nitro benzene ring substituents is 1. The summed E-state index contributed by atoms with van der Waals surface area (Å²) in [4.78, 5) is 34.4. The van der Waals surface area contributed by atoms with E-state index in [9.17, 15) is 19.7 Å². The molecule has 2 aromatic rings. The molecule has 0 aromatic heterocycles. The number of hydrogen-bond acceptors (Lipinski definition) is 6. The quantitative estimate of drug-likeness (QED) is 0.342. The van der Waals surface area contributed by atoms with Gasteiger partial charge < -0.3 is 15.4 Å². The summed E-state index contributed by atoms with van der Waals surface area (Å²) in [6, 6.07) is 14.1. The number of anilines is 1. The summed E-state index contributed by atoms with van der Waals surface area (Å²) in [5.74, 6) is -1.29. The van der Waals surface area contributed by atoms with Gasteiger partial charge in [0.25, 0.3) is 11.6 Å². The number of esters is 1. The van der Waals surface area contributed by atoms with Crippen LogP contribution >= 0.6 is 0 Å². The van der Waals surface area contributed by atoms with Crippen LogP contribution in [0.1, 0.15) is 17.3 Å². The fourth-order valence-corrected chi connectivity index (χ4v) is 1.97. The van der Waals surface area contributed by atoms with E-state index >= 15 is 0 Å². The van der Waals surface area contributed by atoms with Crippen molar-refractivity contribution in [1.29, 1.82) is 0 Å². The van der Waals surface area contributed by atoms with Crippen LogP contribution < -0.4 is 10.6 Å². The average molecular weight is 355 g/mol. The van der Waals surface area contributed by atoms with Crippen molar-refractivity contribution in [2.45, 2.75) is 6.92 Å². The fraction of sp³-hybridized carbons (Fsp3) is 0.111. The molecular formula is C18H17N3O5. The third-order valence-electron chi connectivity index (χ3n) is 3.24. The minimum absolute atomic E-state index is 0.0842. The highest BCUT2D eigenvalue weighted by atomic mass is 16.6. The van der Waals surface area contributed by atoms with Gasteiger partial charge in [-0.1, -0.05) is 18.2 Å². The molecule has 0 fully saturated rings. The number of benzene rings is 2. The van der Waals surface area contributed by atoms with Crippen LogP contribution in [-0.4, -0.2) is 23.4 Å². The summed E-state index contributed by atoms with van der Waals surface area (Å²) in [6.07, 6.45) is 1.33. The molecule has 8 nitrogen and oxygen atoms in total. The number of rotatable bonds is 7. The molecule has 2 N–H and O–H groups in total. The Morgan fingerprint density at radius 3 is 2.35 bits per heavy atom. The largest absolute Gasteiger partial charge is 0.461 e. The number of amides is 1. The Kier molecular flexibility index (Phi) is 6.44. The summed E-state index contributed by atoms with van der Waals surface area (Å²) in [5, 5.41) is 16.0. The number of nitro benzene ring substituents is 1. The lowest BCUT2D eigenvalue weighted by molar-refractivity contribution is -0.384. The Bertz CT molecular complexity index is 816. The number of carbonyl (C=O) groups is 2. The topological polar surface area (TPSA) is 111 Å².